The highest BCUT2D eigenvalue weighted by atomic mass is 16.5. The van der Waals surface area contributed by atoms with Gasteiger partial charge in [-0.05, 0) is 57.5 Å². The molecule has 4 rings (SSSR count). The minimum absolute atomic E-state index is 0.168. The fourth-order valence-electron chi connectivity index (χ4n) is 4.02. The van der Waals surface area contributed by atoms with E-state index < -0.39 is 0 Å². The van der Waals surface area contributed by atoms with Crippen molar-refractivity contribution >= 4 is 10.9 Å². The molecule has 1 aliphatic heterocycles. The molecule has 0 atom stereocenters. The van der Waals surface area contributed by atoms with Crippen molar-refractivity contribution in [2.45, 2.75) is 32.6 Å². The average Bonchev–Trinajstić information content (AvgIpc) is 2.78. The van der Waals surface area contributed by atoms with Gasteiger partial charge in [0, 0.05) is 25.0 Å². The van der Waals surface area contributed by atoms with E-state index in [4.69, 9.17) is 9.47 Å². The molecule has 158 valence electrons. The lowest BCUT2D eigenvalue weighted by atomic mass is 10.1. The molecule has 7 nitrogen and oxygen atoms in total. The first-order chi connectivity index (χ1) is 14.7. The van der Waals surface area contributed by atoms with Gasteiger partial charge in [-0.2, -0.15) is 0 Å². The van der Waals surface area contributed by atoms with Gasteiger partial charge < -0.3 is 14.4 Å². The van der Waals surface area contributed by atoms with E-state index in [1.54, 1.807) is 30.1 Å². The van der Waals surface area contributed by atoms with Crippen molar-refractivity contribution in [3.8, 4) is 17.2 Å². The summed E-state index contributed by atoms with van der Waals surface area (Å²) in [6.45, 7) is 5.94. The molecule has 0 spiro atoms. The number of rotatable bonds is 7. The van der Waals surface area contributed by atoms with E-state index in [1.807, 2.05) is 25.1 Å². The number of pyridine rings is 1. The number of ether oxygens (including phenoxy) is 2. The van der Waals surface area contributed by atoms with Crippen LogP contribution in [-0.4, -0.2) is 52.8 Å². The van der Waals surface area contributed by atoms with Crippen LogP contribution in [0.2, 0.25) is 0 Å². The minimum atomic E-state index is -0.168. The van der Waals surface area contributed by atoms with Crippen LogP contribution in [-0.2, 0) is 0 Å². The molecule has 0 unspecified atom stereocenters. The van der Waals surface area contributed by atoms with Crippen LogP contribution in [0.4, 0.5) is 0 Å². The Morgan fingerprint density at radius 3 is 2.77 bits per heavy atom. The van der Waals surface area contributed by atoms with Gasteiger partial charge in [0.2, 0.25) is 0 Å². The van der Waals surface area contributed by atoms with Gasteiger partial charge in [-0.1, -0.05) is 6.42 Å². The predicted octanol–water partition coefficient (Wildman–Crippen LogP) is 3.35. The number of benzene rings is 1. The minimum Gasteiger partial charge on any atom is -0.494 e. The van der Waals surface area contributed by atoms with Crippen molar-refractivity contribution in [1.29, 1.82) is 0 Å². The average molecular weight is 409 g/mol. The summed E-state index contributed by atoms with van der Waals surface area (Å²) in [7, 11) is 1.59. The lowest BCUT2D eigenvalue weighted by molar-refractivity contribution is 0.205. The molecule has 2 aromatic heterocycles. The fourth-order valence-corrected chi connectivity index (χ4v) is 4.02. The molecule has 1 aliphatic rings. The maximum Gasteiger partial charge on any atom is 0.267 e. The zero-order valence-corrected chi connectivity index (χ0v) is 17.6. The largest absolute Gasteiger partial charge is 0.494 e. The Balaban J connectivity index is 1.51. The van der Waals surface area contributed by atoms with E-state index in [0.717, 1.165) is 18.7 Å². The number of aromatic nitrogens is 3. The van der Waals surface area contributed by atoms with Crippen LogP contribution in [0.15, 0.2) is 41.5 Å². The Morgan fingerprint density at radius 2 is 1.97 bits per heavy atom. The van der Waals surface area contributed by atoms with Gasteiger partial charge in [-0.15, -0.1) is 0 Å². The number of hydrogen-bond acceptors (Lipinski definition) is 6. The molecule has 0 aliphatic carbocycles. The normalized spacial score (nSPS) is 14.7. The highest BCUT2D eigenvalue weighted by Gasteiger charge is 2.15. The molecule has 3 aromatic rings. The summed E-state index contributed by atoms with van der Waals surface area (Å²) in [6, 6.07) is 7.29. The van der Waals surface area contributed by atoms with Gasteiger partial charge in [0.15, 0.2) is 0 Å². The zero-order valence-electron chi connectivity index (χ0n) is 17.6. The molecular formula is C23H28N4O3. The number of piperidine rings is 1. The molecule has 1 aromatic carbocycles. The highest BCUT2D eigenvalue weighted by molar-refractivity contribution is 5.76. The summed E-state index contributed by atoms with van der Waals surface area (Å²) in [5, 5.41) is 0.475. The predicted molar refractivity (Wildman–Crippen MR) is 117 cm³/mol. The summed E-state index contributed by atoms with van der Waals surface area (Å²) < 4.78 is 13.1. The summed E-state index contributed by atoms with van der Waals surface area (Å²) in [4.78, 5) is 24.2. The molecule has 0 amide bonds. The zero-order chi connectivity index (χ0) is 20.9. The SMILES string of the molecule is COc1cc(OCCCN2CCCCC2)ccc1-n1c(C)nc2ccncc2c1=O. The van der Waals surface area contributed by atoms with Crippen LogP contribution >= 0.6 is 0 Å². The number of hydrogen-bond donors (Lipinski definition) is 0. The van der Waals surface area contributed by atoms with Gasteiger partial charge in [-0.25, -0.2) is 4.98 Å². The molecule has 1 fully saturated rings. The van der Waals surface area contributed by atoms with E-state index in [0.29, 0.717) is 34.8 Å². The lowest BCUT2D eigenvalue weighted by Gasteiger charge is -2.26. The molecule has 7 heteroatoms. The van der Waals surface area contributed by atoms with Crippen molar-refractivity contribution in [1.82, 2.24) is 19.4 Å². The number of methoxy groups -OCH3 is 1. The first-order valence-electron chi connectivity index (χ1n) is 10.5. The van der Waals surface area contributed by atoms with Gasteiger partial charge in [0.1, 0.15) is 17.3 Å². The number of nitrogens with zero attached hydrogens (tertiary/aromatic N) is 4. The summed E-state index contributed by atoms with van der Waals surface area (Å²) >= 11 is 0. The Kier molecular flexibility index (Phi) is 6.28. The first kappa shape index (κ1) is 20.3. The maximum atomic E-state index is 13.1. The van der Waals surface area contributed by atoms with Crippen LogP contribution < -0.4 is 15.0 Å². The van der Waals surface area contributed by atoms with E-state index in [-0.39, 0.29) is 5.56 Å². The quantitative estimate of drug-likeness (QED) is 0.559. The molecule has 1 saturated heterocycles. The van der Waals surface area contributed by atoms with Crippen molar-refractivity contribution in [3.63, 3.8) is 0 Å². The second-order valence-corrected chi connectivity index (χ2v) is 7.63. The second-order valence-electron chi connectivity index (χ2n) is 7.63. The third-order valence-electron chi connectivity index (χ3n) is 5.57. The third kappa shape index (κ3) is 4.31. The number of aryl methyl sites for hydroxylation is 1. The molecular weight excluding hydrogens is 380 g/mol. The summed E-state index contributed by atoms with van der Waals surface area (Å²) in [5.74, 6) is 1.89. The Labute approximate surface area is 176 Å². The van der Waals surface area contributed by atoms with Crippen LogP contribution in [0.25, 0.3) is 16.6 Å². The molecule has 0 N–H and O–H groups in total. The third-order valence-corrected chi connectivity index (χ3v) is 5.57. The van der Waals surface area contributed by atoms with Crippen LogP contribution in [0.5, 0.6) is 11.5 Å². The van der Waals surface area contributed by atoms with Gasteiger partial charge in [-0.3, -0.25) is 14.3 Å². The fraction of sp³-hybridized carbons (Fsp3) is 0.435. The lowest BCUT2D eigenvalue weighted by Crippen LogP contribution is -2.31. The highest BCUT2D eigenvalue weighted by Crippen LogP contribution is 2.28. The van der Waals surface area contributed by atoms with Gasteiger partial charge >= 0.3 is 0 Å². The Morgan fingerprint density at radius 1 is 1.13 bits per heavy atom. The molecule has 30 heavy (non-hydrogen) atoms. The van der Waals surface area contributed by atoms with Crippen LogP contribution in [0.3, 0.4) is 0 Å². The topological polar surface area (TPSA) is 69.5 Å². The number of fused-ring (bicyclic) bond motifs is 1. The summed E-state index contributed by atoms with van der Waals surface area (Å²) in [6.07, 6.45) is 8.13. The van der Waals surface area contributed by atoms with Gasteiger partial charge in [0.25, 0.3) is 5.56 Å². The van der Waals surface area contributed by atoms with Crippen LogP contribution in [0.1, 0.15) is 31.5 Å². The van der Waals surface area contributed by atoms with Crippen molar-refractivity contribution in [2.24, 2.45) is 0 Å². The maximum absolute atomic E-state index is 13.1. The van der Waals surface area contributed by atoms with Crippen molar-refractivity contribution in [3.05, 3.63) is 52.8 Å². The second kappa shape index (κ2) is 9.26. The number of likely N-dealkylation sites (tertiary alicyclic amines) is 1. The molecule has 3 heterocycles. The van der Waals surface area contributed by atoms with E-state index in [1.165, 1.54) is 32.4 Å². The van der Waals surface area contributed by atoms with Crippen LogP contribution in [0, 0.1) is 6.92 Å². The van der Waals surface area contributed by atoms with Gasteiger partial charge in [0.05, 0.1) is 30.3 Å². The Hall–Kier alpha value is -2.93. The van der Waals surface area contributed by atoms with E-state index >= 15 is 0 Å². The monoisotopic (exact) mass is 408 g/mol. The molecule has 0 saturated carbocycles. The van der Waals surface area contributed by atoms with Crippen molar-refractivity contribution in [2.75, 3.05) is 33.4 Å². The molecule has 0 bridgehead atoms. The van der Waals surface area contributed by atoms with E-state index in [2.05, 4.69) is 14.9 Å². The molecule has 0 radical (unpaired) electrons. The van der Waals surface area contributed by atoms with Crippen molar-refractivity contribution < 1.29 is 9.47 Å². The standard InChI is InChI=1S/C23H28N4O3/c1-17-25-20-9-10-24-16-19(20)23(28)27(17)21-8-7-18(15-22(21)29-2)30-14-6-13-26-11-4-3-5-12-26/h7-10,15-16H,3-6,11-14H2,1-2H3. The Bertz CT molecular complexity index is 1070. The first-order valence-corrected chi connectivity index (χ1v) is 10.5. The van der Waals surface area contributed by atoms with E-state index in [9.17, 15) is 4.79 Å². The smallest absolute Gasteiger partial charge is 0.267 e. The summed E-state index contributed by atoms with van der Waals surface area (Å²) in [5.41, 5.74) is 1.11.